The van der Waals surface area contributed by atoms with Crippen LogP contribution in [0.1, 0.15) is 58.3 Å². The van der Waals surface area contributed by atoms with Crippen LogP contribution < -0.4 is 0 Å². The summed E-state index contributed by atoms with van der Waals surface area (Å²) in [4.78, 5) is 14.8. The van der Waals surface area contributed by atoms with Gasteiger partial charge >= 0.3 is 0 Å². The molecule has 112 valence electrons. The molecule has 0 aromatic carbocycles. The van der Waals surface area contributed by atoms with Gasteiger partial charge in [-0.15, -0.1) is 0 Å². The van der Waals surface area contributed by atoms with Crippen LogP contribution in [0, 0.1) is 16.7 Å². The number of amides is 1. The Hall–Kier alpha value is -1.08. The molecule has 2 rings (SSSR count). The fourth-order valence-corrected chi connectivity index (χ4v) is 3.55. The predicted molar refractivity (Wildman–Crippen MR) is 77.0 cm³/mol. The topological polar surface area (TPSA) is 53.3 Å². The number of hydrogen-bond acceptors (Lipinski definition) is 3. The van der Waals surface area contributed by atoms with E-state index in [0.29, 0.717) is 6.54 Å². The van der Waals surface area contributed by atoms with Crippen LogP contribution >= 0.6 is 0 Å². The first-order chi connectivity index (χ1) is 9.55. The molecule has 20 heavy (non-hydrogen) atoms. The molecule has 4 heteroatoms. The van der Waals surface area contributed by atoms with E-state index >= 15 is 0 Å². The summed E-state index contributed by atoms with van der Waals surface area (Å²) in [5, 5.41) is 9.63. The normalized spacial score (nSPS) is 30.4. The highest BCUT2D eigenvalue weighted by molar-refractivity contribution is 5.85. The van der Waals surface area contributed by atoms with E-state index in [2.05, 4.69) is 13.0 Å². The molecule has 1 aliphatic carbocycles. The molecule has 1 saturated carbocycles. The Morgan fingerprint density at radius 3 is 2.35 bits per heavy atom. The van der Waals surface area contributed by atoms with Crippen LogP contribution in [0.4, 0.5) is 0 Å². The first-order valence-electron chi connectivity index (χ1n) is 7.81. The van der Waals surface area contributed by atoms with Gasteiger partial charge in [0.2, 0.25) is 5.91 Å². The molecule has 2 fully saturated rings. The van der Waals surface area contributed by atoms with Gasteiger partial charge in [-0.2, -0.15) is 5.26 Å². The Labute approximate surface area is 122 Å². The minimum atomic E-state index is -0.775. The summed E-state index contributed by atoms with van der Waals surface area (Å²) in [6.45, 7) is 3.44. The van der Waals surface area contributed by atoms with Crippen molar-refractivity contribution < 1.29 is 9.53 Å². The van der Waals surface area contributed by atoms with Gasteiger partial charge in [0.05, 0.1) is 11.7 Å². The summed E-state index contributed by atoms with van der Waals surface area (Å²) in [6, 6.07) is 2.37. The van der Waals surface area contributed by atoms with Gasteiger partial charge in [0.25, 0.3) is 0 Å². The molecule has 1 atom stereocenters. The standard InChI is InChI=1S/C16H26N2O2/c1-15(20-2)8-7-11-18(13-15)14(19)16(12-17)9-5-3-4-6-10-16/h3-11,13H2,1-2H3. The third-order valence-corrected chi connectivity index (χ3v) is 5.02. The number of likely N-dealkylation sites (tertiary alicyclic amines) is 1. The zero-order chi connectivity index (χ0) is 14.6. The molecule has 0 bridgehead atoms. The van der Waals surface area contributed by atoms with E-state index in [9.17, 15) is 10.1 Å². The highest BCUT2D eigenvalue weighted by atomic mass is 16.5. The fourth-order valence-electron chi connectivity index (χ4n) is 3.55. The third kappa shape index (κ3) is 2.98. The maximum absolute atomic E-state index is 12.9. The van der Waals surface area contributed by atoms with Gasteiger partial charge in [-0.3, -0.25) is 4.79 Å². The molecule has 1 aliphatic heterocycles. The van der Waals surface area contributed by atoms with E-state index in [4.69, 9.17) is 4.74 Å². The first-order valence-corrected chi connectivity index (χ1v) is 7.81. The lowest BCUT2D eigenvalue weighted by molar-refractivity contribution is -0.147. The van der Waals surface area contributed by atoms with Gasteiger partial charge in [-0.05, 0) is 32.6 Å². The zero-order valence-corrected chi connectivity index (χ0v) is 12.8. The molecule has 0 N–H and O–H groups in total. The average Bonchev–Trinajstić information content (AvgIpc) is 2.73. The lowest BCUT2D eigenvalue weighted by Crippen LogP contribution is -2.53. The van der Waals surface area contributed by atoms with Crippen LogP contribution in [-0.2, 0) is 9.53 Å². The Balaban J connectivity index is 2.14. The van der Waals surface area contributed by atoms with Gasteiger partial charge in [0.15, 0.2) is 0 Å². The number of nitriles is 1. The summed E-state index contributed by atoms with van der Waals surface area (Å²) in [5.41, 5.74) is -1.03. The molecule has 1 unspecified atom stereocenters. The Morgan fingerprint density at radius 1 is 1.15 bits per heavy atom. The van der Waals surface area contributed by atoms with E-state index in [0.717, 1.165) is 57.9 Å². The SMILES string of the molecule is COC1(C)CCCN(C(=O)C2(C#N)CCCCCC2)C1. The number of methoxy groups -OCH3 is 1. The van der Waals surface area contributed by atoms with Crippen molar-refractivity contribution in [1.82, 2.24) is 4.90 Å². The highest BCUT2D eigenvalue weighted by Gasteiger charge is 2.44. The van der Waals surface area contributed by atoms with E-state index in [1.54, 1.807) is 7.11 Å². The average molecular weight is 278 g/mol. The Bertz CT molecular complexity index is 394. The summed E-state index contributed by atoms with van der Waals surface area (Å²) in [6.07, 6.45) is 7.66. The van der Waals surface area contributed by atoms with Crippen LogP contribution in [0.15, 0.2) is 0 Å². The van der Waals surface area contributed by atoms with Crippen molar-refractivity contribution in [2.45, 2.75) is 63.9 Å². The number of nitrogens with zero attached hydrogens (tertiary/aromatic N) is 2. The molecular weight excluding hydrogens is 252 g/mol. The smallest absolute Gasteiger partial charge is 0.243 e. The quantitative estimate of drug-likeness (QED) is 0.730. The van der Waals surface area contributed by atoms with Crippen molar-refractivity contribution in [2.24, 2.45) is 5.41 Å². The lowest BCUT2D eigenvalue weighted by Gasteiger charge is -2.42. The molecule has 4 nitrogen and oxygen atoms in total. The minimum absolute atomic E-state index is 0.0462. The van der Waals surface area contributed by atoms with Crippen molar-refractivity contribution in [3.63, 3.8) is 0 Å². The summed E-state index contributed by atoms with van der Waals surface area (Å²) >= 11 is 0. The number of carbonyl (C=O) groups excluding carboxylic acids is 1. The summed E-state index contributed by atoms with van der Waals surface area (Å²) < 4.78 is 5.56. The van der Waals surface area contributed by atoms with Gasteiger partial charge in [0.1, 0.15) is 5.41 Å². The first kappa shape index (κ1) is 15.3. The third-order valence-electron chi connectivity index (χ3n) is 5.02. The Morgan fingerprint density at radius 2 is 1.80 bits per heavy atom. The van der Waals surface area contributed by atoms with Crippen molar-refractivity contribution >= 4 is 5.91 Å². The molecule has 0 radical (unpaired) electrons. The monoisotopic (exact) mass is 278 g/mol. The molecule has 0 aromatic heterocycles. The molecular formula is C16H26N2O2. The van der Waals surface area contributed by atoms with E-state index < -0.39 is 5.41 Å². The summed E-state index contributed by atoms with van der Waals surface area (Å²) in [7, 11) is 1.71. The van der Waals surface area contributed by atoms with E-state index in [1.165, 1.54) is 0 Å². The molecule has 0 spiro atoms. The molecule has 1 heterocycles. The second kappa shape index (κ2) is 6.13. The molecule has 1 amide bonds. The summed E-state index contributed by atoms with van der Waals surface area (Å²) in [5.74, 6) is 0.0462. The second-order valence-electron chi connectivity index (χ2n) is 6.59. The largest absolute Gasteiger partial charge is 0.377 e. The van der Waals surface area contributed by atoms with Crippen LogP contribution in [0.25, 0.3) is 0 Å². The van der Waals surface area contributed by atoms with Crippen LogP contribution in [0.5, 0.6) is 0 Å². The Kier molecular flexibility index (Phi) is 4.70. The van der Waals surface area contributed by atoms with Crippen LogP contribution in [-0.4, -0.2) is 36.6 Å². The minimum Gasteiger partial charge on any atom is -0.377 e. The van der Waals surface area contributed by atoms with Crippen molar-refractivity contribution in [1.29, 1.82) is 5.26 Å². The molecule has 0 aromatic rings. The van der Waals surface area contributed by atoms with Gasteiger partial charge < -0.3 is 9.64 Å². The van der Waals surface area contributed by atoms with Gasteiger partial charge in [-0.1, -0.05) is 25.7 Å². The lowest BCUT2D eigenvalue weighted by atomic mass is 9.79. The van der Waals surface area contributed by atoms with Gasteiger partial charge in [0, 0.05) is 20.2 Å². The number of ether oxygens (including phenoxy) is 1. The predicted octanol–water partition coefficient (Wildman–Crippen LogP) is 2.88. The highest BCUT2D eigenvalue weighted by Crippen LogP contribution is 2.37. The zero-order valence-electron chi connectivity index (χ0n) is 12.8. The van der Waals surface area contributed by atoms with Crippen molar-refractivity contribution in [3.8, 4) is 6.07 Å². The maximum atomic E-state index is 12.9. The van der Waals surface area contributed by atoms with Gasteiger partial charge in [-0.25, -0.2) is 0 Å². The maximum Gasteiger partial charge on any atom is 0.243 e. The molecule has 1 saturated heterocycles. The van der Waals surface area contributed by atoms with Crippen molar-refractivity contribution in [3.05, 3.63) is 0 Å². The van der Waals surface area contributed by atoms with E-state index in [-0.39, 0.29) is 11.5 Å². The number of hydrogen-bond donors (Lipinski definition) is 0. The fraction of sp³-hybridized carbons (Fsp3) is 0.875. The number of rotatable bonds is 2. The molecule has 2 aliphatic rings. The van der Waals surface area contributed by atoms with E-state index in [1.807, 2.05) is 4.90 Å². The van der Waals surface area contributed by atoms with Crippen LogP contribution in [0.2, 0.25) is 0 Å². The second-order valence-corrected chi connectivity index (χ2v) is 6.59. The number of carbonyl (C=O) groups is 1. The van der Waals surface area contributed by atoms with Crippen LogP contribution in [0.3, 0.4) is 0 Å². The van der Waals surface area contributed by atoms with Crippen molar-refractivity contribution in [2.75, 3.05) is 20.2 Å². The number of piperidine rings is 1.